The van der Waals surface area contributed by atoms with Gasteiger partial charge < -0.3 is 5.32 Å². The number of hydrogen-bond donors (Lipinski definition) is 1. The maximum absolute atomic E-state index is 12.3. The van der Waals surface area contributed by atoms with E-state index in [9.17, 15) is 4.79 Å². The van der Waals surface area contributed by atoms with Crippen LogP contribution in [0.4, 0.5) is 5.00 Å². The van der Waals surface area contributed by atoms with Crippen LogP contribution in [-0.4, -0.2) is 23.9 Å². The molecule has 1 unspecified atom stereocenters. The number of nitrogens with zero attached hydrogens (tertiary/aromatic N) is 2. The monoisotopic (exact) mass is 389 g/mol. The van der Waals surface area contributed by atoms with E-state index in [4.69, 9.17) is 5.26 Å². The first kappa shape index (κ1) is 16.2. The Hall–Kier alpha value is -1.68. The summed E-state index contributed by atoms with van der Waals surface area (Å²) in [7, 11) is 0. The van der Waals surface area contributed by atoms with Crippen LogP contribution in [0.2, 0.25) is 0 Å². The molecule has 1 aliphatic rings. The highest BCUT2D eigenvalue weighted by molar-refractivity contribution is 9.10. The molecule has 23 heavy (non-hydrogen) atoms. The molecule has 2 aromatic rings. The van der Waals surface area contributed by atoms with Crippen molar-refractivity contribution in [3.05, 3.63) is 51.3 Å². The minimum absolute atomic E-state index is 0.0640. The molecular formula is C17H16BrN3OS. The third-order valence-corrected chi connectivity index (χ3v) is 5.31. The fourth-order valence-electron chi connectivity index (χ4n) is 2.95. The van der Waals surface area contributed by atoms with Gasteiger partial charge in [-0.1, -0.05) is 28.1 Å². The number of carbonyl (C=O) groups is 1. The fraction of sp³-hybridized carbons (Fsp3) is 0.294. The van der Waals surface area contributed by atoms with E-state index in [0.29, 0.717) is 17.1 Å². The zero-order chi connectivity index (χ0) is 16.2. The van der Waals surface area contributed by atoms with Crippen LogP contribution in [0.3, 0.4) is 0 Å². The van der Waals surface area contributed by atoms with Gasteiger partial charge in [-0.15, -0.1) is 11.3 Å². The Morgan fingerprint density at radius 1 is 1.48 bits per heavy atom. The van der Waals surface area contributed by atoms with E-state index in [1.165, 1.54) is 16.9 Å². The molecule has 0 spiro atoms. The van der Waals surface area contributed by atoms with E-state index >= 15 is 0 Å². The predicted octanol–water partition coefficient (Wildman–Crippen LogP) is 4.16. The number of halogens is 1. The second kappa shape index (κ2) is 7.26. The number of nitrogens with one attached hydrogen (secondary N) is 1. The highest BCUT2D eigenvalue weighted by Crippen LogP contribution is 2.33. The van der Waals surface area contributed by atoms with Crippen molar-refractivity contribution in [2.75, 3.05) is 18.4 Å². The lowest BCUT2D eigenvalue weighted by molar-refractivity contribution is -0.117. The second-order valence-corrected chi connectivity index (χ2v) is 7.34. The topological polar surface area (TPSA) is 56.1 Å². The Labute approximate surface area is 147 Å². The summed E-state index contributed by atoms with van der Waals surface area (Å²) in [6, 6.07) is 12.4. The molecule has 3 rings (SSSR count). The summed E-state index contributed by atoms with van der Waals surface area (Å²) in [6.45, 7) is 1.26. The summed E-state index contributed by atoms with van der Waals surface area (Å²) in [5, 5.41) is 14.3. The van der Waals surface area contributed by atoms with Crippen LogP contribution in [0, 0.1) is 11.3 Å². The molecule has 6 heteroatoms. The number of amides is 1. The van der Waals surface area contributed by atoms with E-state index in [0.717, 1.165) is 23.9 Å². The fourth-order valence-corrected chi connectivity index (χ4v) is 4.12. The molecular weight excluding hydrogens is 374 g/mol. The van der Waals surface area contributed by atoms with Gasteiger partial charge in [-0.05, 0) is 48.5 Å². The molecule has 1 aliphatic heterocycles. The van der Waals surface area contributed by atoms with Gasteiger partial charge >= 0.3 is 0 Å². The summed E-state index contributed by atoms with van der Waals surface area (Å²) in [5.41, 5.74) is 1.76. The number of likely N-dealkylation sites (tertiary alicyclic amines) is 1. The Balaban J connectivity index is 1.67. The van der Waals surface area contributed by atoms with Crippen LogP contribution in [0.1, 0.15) is 30.0 Å². The highest BCUT2D eigenvalue weighted by atomic mass is 79.9. The smallest absolute Gasteiger partial charge is 0.239 e. The zero-order valence-electron chi connectivity index (χ0n) is 12.5. The van der Waals surface area contributed by atoms with E-state index in [1.54, 1.807) is 6.07 Å². The van der Waals surface area contributed by atoms with Gasteiger partial charge in [0.1, 0.15) is 11.1 Å². The minimum atomic E-state index is -0.0640. The Bertz CT molecular complexity index is 752. The Morgan fingerprint density at radius 3 is 3.13 bits per heavy atom. The van der Waals surface area contributed by atoms with Gasteiger partial charge in [0.2, 0.25) is 5.91 Å². The van der Waals surface area contributed by atoms with Crippen molar-refractivity contribution < 1.29 is 4.79 Å². The van der Waals surface area contributed by atoms with Crippen molar-refractivity contribution in [1.29, 1.82) is 5.26 Å². The van der Waals surface area contributed by atoms with E-state index in [1.807, 2.05) is 17.5 Å². The number of nitriles is 1. The maximum atomic E-state index is 12.3. The van der Waals surface area contributed by atoms with Crippen LogP contribution >= 0.6 is 27.3 Å². The van der Waals surface area contributed by atoms with Gasteiger partial charge in [-0.2, -0.15) is 5.26 Å². The van der Waals surface area contributed by atoms with Gasteiger partial charge in [0.25, 0.3) is 0 Å². The first-order valence-electron chi connectivity index (χ1n) is 7.44. The molecule has 1 aromatic heterocycles. The molecule has 1 amide bonds. The second-order valence-electron chi connectivity index (χ2n) is 5.51. The molecule has 0 bridgehead atoms. The summed E-state index contributed by atoms with van der Waals surface area (Å²) < 4.78 is 1.06. The largest absolute Gasteiger partial charge is 0.315 e. The summed E-state index contributed by atoms with van der Waals surface area (Å²) >= 11 is 4.89. The predicted molar refractivity (Wildman–Crippen MR) is 95.4 cm³/mol. The first-order chi connectivity index (χ1) is 11.2. The molecule has 2 heterocycles. The number of benzene rings is 1. The molecule has 0 saturated carbocycles. The van der Waals surface area contributed by atoms with Crippen LogP contribution in [-0.2, 0) is 4.79 Å². The van der Waals surface area contributed by atoms with Gasteiger partial charge in [-0.3, -0.25) is 9.69 Å². The van der Waals surface area contributed by atoms with Crippen molar-refractivity contribution in [2.45, 2.75) is 18.9 Å². The van der Waals surface area contributed by atoms with Gasteiger partial charge in [-0.25, -0.2) is 0 Å². The number of thiophene rings is 1. The standard InChI is InChI=1S/C17H16BrN3OS/c18-14-4-1-3-12(9-14)15-5-2-7-21(15)11-16(22)20-17-13(10-19)6-8-23-17/h1,3-4,6,8-9,15H,2,5,7,11H2,(H,20,22). The Morgan fingerprint density at radius 2 is 2.35 bits per heavy atom. The Kier molecular flexibility index (Phi) is 5.11. The number of anilines is 1. The highest BCUT2D eigenvalue weighted by Gasteiger charge is 2.27. The third-order valence-electron chi connectivity index (χ3n) is 3.98. The summed E-state index contributed by atoms with van der Waals surface area (Å²) in [6.07, 6.45) is 2.15. The van der Waals surface area contributed by atoms with Gasteiger partial charge in [0, 0.05) is 10.5 Å². The summed E-state index contributed by atoms with van der Waals surface area (Å²) in [5.74, 6) is -0.0640. The van der Waals surface area contributed by atoms with E-state index < -0.39 is 0 Å². The molecule has 118 valence electrons. The zero-order valence-corrected chi connectivity index (χ0v) is 14.9. The normalized spacial score (nSPS) is 17.8. The average Bonchev–Trinajstić information content (AvgIpc) is 3.16. The van der Waals surface area contributed by atoms with Crippen molar-refractivity contribution in [3.8, 4) is 6.07 Å². The number of rotatable bonds is 4. The van der Waals surface area contributed by atoms with E-state index in [2.05, 4.69) is 44.3 Å². The molecule has 1 fully saturated rings. The molecule has 1 aromatic carbocycles. The van der Waals surface area contributed by atoms with Gasteiger partial charge in [0.05, 0.1) is 12.1 Å². The lowest BCUT2D eigenvalue weighted by atomic mass is 10.0. The van der Waals surface area contributed by atoms with Crippen LogP contribution in [0.25, 0.3) is 0 Å². The lowest BCUT2D eigenvalue weighted by Crippen LogP contribution is -2.32. The molecule has 0 aliphatic carbocycles. The van der Waals surface area contributed by atoms with Crippen molar-refractivity contribution >= 4 is 38.2 Å². The molecule has 1 N–H and O–H groups in total. The lowest BCUT2D eigenvalue weighted by Gasteiger charge is -2.24. The molecule has 1 saturated heterocycles. The quantitative estimate of drug-likeness (QED) is 0.853. The van der Waals surface area contributed by atoms with Crippen molar-refractivity contribution in [2.24, 2.45) is 0 Å². The average molecular weight is 390 g/mol. The van der Waals surface area contributed by atoms with Crippen molar-refractivity contribution in [3.63, 3.8) is 0 Å². The maximum Gasteiger partial charge on any atom is 0.239 e. The molecule has 0 radical (unpaired) electrons. The molecule has 4 nitrogen and oxygen atoms in total. The summed E-state index contributed by atoms with van der Waals surface area (Å²) in [4.78, 5) is 14.5. The minimum Gasteiger partial charge on any atom is -0.315 e. The number of carbonyl (C=O) groups excluding carboxylic acids is 1. The third kappa shape index (κ3) is 3.81. The molecule has 1 atom stereocenters. The van der Waals surface area contributed by atoms with Crippen LogP contribution < -0.4 is 5.32 Å². The first-order valence-corrected chi connectivity index (χ1v) is 9.11. The van der Waals surface area contributed by atoms with Gasteiger partial charge in [0.15, 0.2) is 0 Å². The van der Waals surface area contributed by atoms with Crippen molar-refractivity contribution in [1.82, 2.24) is 4.90 Å². The van der Waals surface area contributed by atoms with Crippen LogP contribution in [0.5, 0.6) is 0 Å². The van der Waals surface area contributed by atoms with E-state index in [-0.39, 0.29) is 11.9 Å². The van der Waals surface area contributed by atoms with Crippen LogP contribution in [0.15, 0.2) is 40.2 Å². The SMILES string of the molecule is N#Cc1ccsc1NC(=O)CN1CCCC1c1cccc(Br)c1. The number of hydrogen-bond acceptors (Lipinski definition) is 4.